The van der Waals surface area contributed by atoms with Crippen LogP contribution in [0.3, 0.4) is 0 Å². The molecule has 1 aliphatic heterocycles. The highest BCUT2D eigenvalue weighted by Crippen LogP contribution is 2.44. The molecule has 4 rings (SSSR count). The van der Waals surface area contributed by atoms with Crippen LogP contribution in [0.15, 0.2) is 12.1 Å². The molecule has 0 radical (unpaired) electrons. The van der Waals surface area contributed by atoms with E-state index in [1.54, 1.807) is 19.1 Å². The first-order valence-corrected chi connectivity index (χ1v) is 13.3. The van der Waals surface area contributed by atoms with Crippen LogP contribution in [0.25, 0.3) is 0 Å². The molecule has 2 atom stereocenters. The van der Waals surface area contributed by atoms with Gasteiger partial charge in [-0.1, -0.05) is 38.7 Å². The van der Waals surface area contributed by atoms with E-state index in [1.807, 2.05) is 0 Å². The Labute approximate surface area is 193 Å². The summed E-state index contributed by atoms with van der Waals surface area (Å²) >= 11 is 0. The summed E-state index contributed by atoms with van der Waals surface area (Å²) in [6.45, 7) is 4.91. The zero-order chi connectivity index (χ0) is 22.5. The second-order valence-corrected chi connectivity index (χ2v) is 10.6. The van der Waals surface area contributed by atoms with Crippen LogP contribution in [0.5, 0.6) is 5.75 Å². The minimum Gasteiger partial charge on any atom is -0.491 e. The van der Waals surface area contributed by atoms with Gasteiger partial charge in [-0.2, -0.15) is 4.39 Å². The summed E-state index contributed by atoms with van der Waals surface area (Å²) in [5, 5.41) is 0. The van der Waals surface area contributed by atoms with E-state index in [2.05, 4.69) is 6.92 Å². The second-order valence-electron chi connectivity index (χ2n) is 10.6. The van der Waals surface area contributed by atoms with E-state index in [9.17, 15) is 8.78 Å². The van der Waals surface area contributed by atoms with Crippen molar-refractivity contribution in [3.05, 3.63) is 29.3 Å². The average Bonchev–Trinajstić information content (AvgIpc) is 2.83. The van der Waals surface area contributed by atoms with Crippen LogP contribution in [0, 0.1) is 35.3 Å². The number of halogens is 2. The predicted octanol–water partition coefficient (Wildman–Crippen LogP) is 8.04. The largest absolute Gasteiger partial charge is 0.491 e. The van der Waals surface area contributed by atoms with Gasteiger partial charge in [0.2, 0.25) is 5.82 Å². The molecular formula is C28H42F2O2. The molecule has 180 valence electrons. The number of benzene rings is 1. The van der Waals surface area contributed by atoms with Crippen molar-refractivity contribution < 1.29 is 18.3 Å². The maximum Gasteiger partial charge on any atom is 0.200 e. The van der Waals surface area contributed by atoms with Crippen LogP contribution < -0.4 is 4.74 Å². The third-order valence-electron chi connectivity index (χ3n) is 8.72. The van der Waals surface area contributed by atoms with Gasteiger partial charge in [-0.15, -0.1) is 0 Å². The average molecular weight is 449 g/mol. The Bertz CT molecular complexity index is 712. The second kappa shape index (κ2) is 11.3. The molecule has 0 amide bonds. The van der Waals surface area contributed by atoms with Crippen LogP contribution in [0.2, 0.25) is 0 Å². The Balaban J connectivity index is 1.23. The van der Waals surface area contributed by atoms with E-state index in [-0.39, 0.29) is 11.7 Å². The number of hydrogen-bond donors (Lipinski definition) is 0. The Morgan fingerprint density at radius 2 is 1.47 bits per heavy atom. The number of rotatable bonds is 7. The van der Waals surface area contributed by atoms with Crippen molar-refractivity contribution in [2.75, 3.05) is 13.2 Å². The standard InChI is InChI=1S/C28H42F2O2/c1-3-5-19-6-8-20(9-7-19)21-10-12-22(13-11-21)25-16-14-23(18-32-25)24-15-17-26(31-4-2)28(30)27(24)29/h15,17,19-23,25H,3-14,16,18H2,1-2H3. The first kappa shape index (κ1) is 24.0. The highest BCUT2D eigenvalue weighted by Gasteiger charge is 2.36. The molecule has 2 nitrogen and oxygen atoms in total. The van der Waals surface area contributed by atoms with Gasteiger partial charge >= 0.3 is 0 Å². The van der Waals surface area contributed by atoms with Gasteiger partial charge < -0.3 is 9.47 Å². The van der Waals surface area contributed by atoms with E-state index in [4.69, 9.17) is 9.47 Å². The predicted molar refractivity (Wildman–Crippen MR) is 125 cm³/mol. The fourth-order valence-electron chi connectivity index (χ4n) is 6.86. The first-order valence-electron chi connectivity index (χ1n) is 13.3. The summed E-state index contributed by atoms with van der Waals surface area (Å²) in [6, 6.07) is 3.23. The highest BCUT2D eigenvalue weighted by molar-refractivity contribution is 5.33. The lowest BCUT2D eigenvalue weighted by atomic mass is 9.67. The zero-order valence-electron chi connectivity index (χ0n) is 20.1. The van der Waals surface area contributed by atoms with Crippen LogP contribution in [0.4, 0.5) is 8.78 Å². The van der Waals surface area contributed by atoms with Crippen LogP contribution in [0.1, 0.15) is 102 Å². The summed E-state index contributed by atoms with van der Waals surface area (Å²) in [5.41, 5.74) is 0.437. The van der Waals surface area contributed by atoms with Crippen LogP contribution in [-0.4, -0.2) is 19.3 Å². The Morgan fingerprint density at radius 1 is 0.812 bits per heavy atom. The summed E-state index contributed by atoms with van der Waals surface area (Å²) in [7, 11) is 0. The fraction of sp³-hybridized carbons (Fsp3) is 0.786. The van der Waals surface area contributed by atoms with Crippen molar-refractivity contribution in [2.24, 2.45) is 23.7 Å². The maximum absolute atomic E-state index is 14.6. The fourth-order valence-corrected chi connectivity index (χ4v) is 6.86. The van der Waals surface area contributed by atoms with Gasteiger partial charge in [-0.3, -0.25) is 0 Å². The Kier molecular flexibility index (Phi) is 8.48. The lowest BCUT2D eigenvalue weighted by molar-refractivity contribution is -0.0469. The molecule has 2 unspecified atom stereocenters. The summed E-state index contributed by atoms with van der Waals surface area (Å²) in [4.78, 5) is 0. The molecule has 1 aromatic carbocycles. The molecule has 0 N–H and O–H groups in total. The molecule has 2 saturated carbocycles. The Hall–Kier alpha value is -1.16. The van der Waals surface area contributed by atoms with Gasteiger partial charge in [0.25, 0.3) is 0 Å². The third kappa shape index (κ3) is 5.48. The minimum absolute atomic E-state index is 0.000959. The van der Waals surface area contributed by atoms with Crippen LogP contribution in [-0.2, 0) is 4.74 Å². The lowest BCUT2D eigenvalue weighted by Crippen LogP contribution is -2.35. The molecule has 0 bridgehead atoms. The maximum atomic E-state index is 14.6. The third-order valence-corrected chi connectivity index (χ3v) is 8.72. The molecule has 1 aromatic rings. The van der Waals surface area contributed by atoms with Crippen molar-refractivity contribution in [3.8, 4) is 5.75 Å². The number of hydrogen-bond acceptors (Lipinski definition) is 2. The van der Waals surface area contributed by atoms with Gasteiger partial charge in [0.15, 0.2) is 11.6 Å². The van der Waals surface area contributed by atoms with E-state index in [0.717, 1.165) is 30.6 Å². The van der Waals surface area contributed by atoms with Gasteiger partial charge in [0.05, 0.1) is 19.3 Å². The lowest BCUT2D eigenvalue weighted by Gasteiger charge is -2.41. The monoisotopic (exact) mass is 448 g/mol. The van der Waals surface area contributed by atoms with Crippen molar-refractivity contribution in [3.63, 3.8) is 0 Å². The molecule has 0 spiro atoms. The Morgan fingerprint density at radius 3 is 2.06 bits per heavy atom. The molecule has 4 heteroatoms. The van der Waals surface area contributed by atoms with Crippen LogP contribution >= 0.6 is 0 Å². The summed E-state index contributed by atoms with van der Waals surface area (Å²) in [6.07, 6.45) is 16.0. The van der Waals surface area contributed by atoms with Gasteiger partial charge in [0, 0.05) is 5.92 Å². The molecule has 3 aliphatic rings. The summed E-state index contributed by atoms with van der Waals surface area (Å²) < 4.78 is 40.3. The van der Waals surface area contributed by atoms with E-state index in [0.29, 0.717) is 30.8 Å². The van der Waals surface area contributed by atoms with Crippen molar-refractivity contribution in [1.82, 2.24) is 0 Å². The zero-order valence-corrected chi connectivity index (χ0v) is 20.1. The van der Waals surface area contributed by atoms with Gasteiger partial charge in [-0.05, 0) is 93.6 Å². The van der Waals surface area contributed by atoms with Crippen molar-refractivity contribution >= 4 is 0 Å². The first-order chi connectivity index (χ1) is 15.6. The molecule has 32 heavy (non-hydrogen) atoms. The SMILES string of the molecule is CCCC1CCC(C2CCC(C3CCC(c4ccc(OCC)c(F)c4F)CO3)CC2)CC1. The molecule has 0 aromatic heterocycles. The molecule has 2 aliphatic carbocycles. The number of ether oxygens (including phenoxy) is 2. The van der Waals surface area contributed by atoms with E-state index in [1.165, 1.54) is 64.2 Å². The highest BCUT2D eigenvalue weighted by atomic mass is 19.2. The topological polar surface area (TPSA) is 18.5 Å². The molecule has 1 saturated heterocycles. The quantitative estimate of drug-likeness (QED) is 0.420. The minimum atomic E-state index is -0.867. The molecular weight excluding hydrogens is 406 g/mol. The normalized spacial score (nSPS) is 33.8. The van der Waals surface area contributed by atoms with Crippen molar-refractivity contribution in [1.29, 1.82) is 0 Å². The van der Waals surface area contributed by atoms with Gasteiger partial charge in [0.1, 0.15) is 0 Å². The van der Waals surface area contributed by atoms with E-state index < -0.39 is 11.6 Å². The smallest absolute Gasteiger partial charge is 0.200 e. The van der Waals surface area contributed by atoms with Crippen molar-refractivity contribution in [2.45, 2.75) is 103 Å². The molecule has 1 heterocycles. The van der Waals surface area contributed by atoms with E-state index >= 15 is 0 Å². The molecule has 3 fully saturated rings. The summed E-state index contributed by atoms with van der Waals surface area (Å²) in [5.74, 6) is 1.82. The van der Waals surface area contributed by atoms with Gasteiger partial charge in [-0.25, -0.2) is 4.39 Å².